The first-order valence-electron chi connectivity index (χ1n) is 7.91. The van der Waals surface area contributed by atoms with E-state index >= 15 is 0 Å². The number of allylic oxidation sites excluding steroid dienone is 1. The summed E-state index contributed by atoms with van der Waals surface area (Å²) in [4.78, 5) is 0. The highest BCUT2D eigenvalue weighted by Crippen LogP contribution is 2.43. The standard InChI is InChI=1S/C18H28N2O/c1-7-13-11-18(5,8-2)20-17-15(13)9-14(19-12(3)4)10-16(17)21-6/h9-12,19-20H,7-8H2,1-6H3. The van der Waals surface area contributed by atoms with Gasteiger partial charge in [-0.1, -0.05) is 19.9 Å². The lowest BCUT2D eigenvalue weighted by Gasteiger charge is -2.35. The van der Waals surface area contributed by atoms with Crippen molar-refractivity contribution in [3.05, 3.63) is 23.8 Å². The summed E-state index contributed by atoms with van der Waals surface area (Å²) in [7, 11) is 1.74. The molecule has 0 bridgehead atoms. The van der Waals surface area contributed by atoms with Crippen molar-refractivity contribution in [1.82, 2.24) is 0 Å². The van der Waals surface area contributed by atoms with Crippen molar-refractivity contribution in [2.24, 2.45) is 0 Å². The molecule has 0 amide bonds. The van der Waals surface area contributed by atoms with E-state index in [0.717, 1.165) is 30.0 Å². The SMILES string of the molecule is CCC1=CC(C)(CC)Nc2c(OC)cc(NC(C)C)cc21. The number of benzene rings is 1. The first kappa shape index (κ1) is 15.7. The third kappa shape index (κ3) is 3.17. The highest BCUT2D eigenvalue weighted by molar-refractivity contribution is 5.87. The smallest absolute Gasteiger partial charge is 0.144 e. The van der Waals surface area contributed by atoms with Crippen molar-refractivity contribution in [1.29, 1.82) is 0 Å². The molecule has 0 spiro atoms. The molecule has 0 aromatic heterocycles. The summed E-state index contributed by atoms with van der Waals surface area (Å²) in [6.45, 7) is 11.0. The number of anilines is 2. The van der Waals surface area contributed by atoms with Gasteiger partial charge >= 0.3 is 0 Å². The first-order valence-corrected chi connectivity index (χ1v) is 7.91. The van der Waals surface area contributed by atoms with Gasteiger partial charge in [-0.25, -0.2) is 0 Å². The van der Waals surface area contributed by atoms with E-state index in [2.05, 4.69) is 63.5 Å². The van der Waals surface area contributed by atoms with E-state index in [9.17, 15) is 0 Å². The summed E-state index contributed by atoms with van der Waals surface area (Å²) in [5.41, 5.74) is 4.88. The van der Waals surface area contributed by atoms with Crippen LogP contribution in [0.1, 0.15) is 53.0 Å². The minimum absolute atomic E-state index is 0.00137. The summed E-state index contributed by atoms with van der Waals surface area (Å²) in [5.74, 6) is 0.911. The molecule has 1 aliphatic heterocycles. The Morgan fingerprint density at radius 1 is 1.29 bits per heavy atom. The van der Waals surface area contributed by atoms with Crippen LogP contribution >= 0.6 is 0 Å². The van der Waals surface area contributed by atoms with Crippen LogP contribution in [-0.2, 0) is 0 Å². The maximum absolute atomic E-state index is 5.64. The van der Waals surface area contributed by atoms with Gasteiger partial charge in [-0.3, -0.25) is 0 Å². The predicted octanol–water partition coefficient (Wildman–Crippen LogP) is 4.90. The lowest BCUT2D eigenvalue weighted by Crippen LogP contribution is -2.35. The van der Waals surface area contributed by atoms with Gasteiger partial charge in [-0.15, -0.1) is 0 Å². The Balaban J connectivity index is 2.56. The van der Waals surface area contributed by atoms with Gasteiger partial charge in [0.05, 0.1) is 18.3 Å². The van der Waals surface area contributed by atoms with Gasteiger partial charge in [-0.05, 0) is 45.3 Å². The summed E-state index contributed by atoms with van der Waals surface area (Å²) >= 11 is 0. The lowest BCUT2D eigenvalue weighted by atomic mass is 9.86. The molecule has 1 unspecified atom stereocenters. The molecule has 1 heterocycles. The van der Waals surface area contributed by atoms with Gasteiger partial charge in [0.2, 0.25) is 0 Å². The highest BCUT2D eigenvalue weighted by Gasteiger charge is 2.29. The van der Waals surface area contributed by atoms with E-state index in [4.69, 9.17) is 4.74 Å². The molecule has 1 aromatic rings. The van der Waals surface area contributed by atoms with Crippen molar-refractivity contribution < 1.29 is 4.74 Å². The van der Waals surface area contributed by atoms with Crippen LogP contribution in [0.25, 0.3) is 5.57 Å². The molecule has 3 nitrogen and oxygen atoms in total. The van der Waals surface area contributed by atoms with Crippen molar-refractivity contribution in [2.75, 3.05) is 17.7 Å². The van der Waals surface area contributed by atoms with E-state index in [-0.39, 0.29) is 5.54 Å². The number of ether oxygens (including phenoxy) is 1. The van der Waals surface area contributed by atoms with Crippen LogP contribution in [0.2, 0.25) is 0 Å². The normalized spacial score (nSPS) is 20.6. The zero-order chi connectivity index (χ0) is 15.6. The molecule has 3 heteroatoms. The zero-order valence-corrected chi connectivity index (χ0v) is 14.1. The molecule has 0 fully saturated rings. The second-order valence-corrected chi connectivity index (χ2v) is 6.32. The van der Waals surface area contributed by atoms with Crippen LogP contribution in [0.3, 0.4) is 0 Å². The monoisotopic (exact) mass is 288 g/mol. The number of rotatable bonds is 5. The number of hydrogen-bond donors (Lipinski definition) is 2. The van der Waals surface area contributed by atoms with E-state index in [1.165, 1.54) is 11.1 Å². The van der Waals surface area contributed by atoms with Gasteiger partial charge in [0.1, 0.15) is 5.75 Å². The second kappa shape index (κ2) is 6.00. The molecule has 0 radical (unpaired) electrons. The fourth-order valence-corrected chi connectivity index (χ4v) is 2.84. The molecule has 1 atom stereocenters. The number of methoxy groups -OCH3 is 1. The molecule has 1 aromatic carbocycles. The first-order chi connectivity index (χ1) is 9.92. The van der Waals surface area contributed by atoms with Crippen LogP contribution in [0.4, 0.5) is 11.4 Å². The Bertz CT molecular complexity index is 548. The maximum atomic E-state index is 5.64. The van der Waals surface area contributed by atoms with Crippen LogP contribution in [0.15, 0.2) is 18.2 Å². The highest BCUT2D eigenvalue weighted by atomic mass is 16.5. The summed E-state index contributed by atoms with van der Waals surface area (Å²) in [6.07, 6.45) is 4.44. The van der Waals surface area contributed by atoms with Gasteiger partial charge in [-0.2, -0.15) is 0 Å². The Morgan fingerprint density at radius 2 is 2.00 bits per heavy atom. The van der Waals surface area contributed by atoms with Gasteiger partial charge in [0, 0.05) is 23.4 Å². The van der Waals surface area contributed by atoms with Crippen LogP contribution in [-0.4, -0.2) is 18.7 Å². The largest absolute Gasteiger partial charge is 0.494 e. The zero-order valence-electron chi connectivity index (χ0n) is 14.1. The van der Waals surface area contributed by atoms with Crippen LogP contribution < -0.4 is 15.4 Å². The molecular formula is C18H28N2O. The Morgan fingerprint density at radius 3 is 2.52 bits per heavy atom. The third-order valence-corrected chi connectivity index (χ3v) is 4.14. The van der Waals surface area contributed by atoms with Crippen molar-refractivity contribution in [3.8, 4) is 5.75 Å². The number of hydrogen-bond acceptors (Lipinski definition) is 3. The second-order valence-electron chi connectivity index (χ2n) is 6.32. The third-order valence-electron chi connectivity index (χ3n) is 4.14. The average molecular weight is 288 g/mol. The Labute approximate surface area is 128 Å². The molecule has 116 valence electrons. The Hall–Kier alpha value is -1.64. The molecule has 0 aliphatic carbocycles. The molecule has 0 saturated heterocycles. The molecular weight excluding hydrogens is 260 g/mol. The summed E-state index contributed by atoms with van der Waals surface area (Å²) < 4.78 is 5.64. The minimum atomic E-state index is -0.00137. The average Bonchev–Trinajstić information content (AvgIpc) is 2.45. The summed E-state index contributed by atoms with van der Waals surface area (Å²) in [5, 5.41) is 7.13. The van der Waals surface area contributed by atoms with Crippen LogP contribution in [0, 0.1) is 0 Å². The number of fused-ring (bicyclic) bond motifs is 1. The van der Waals surface area contributed by atoms with E-state index in [1.54, 1.807) is 7.11 Å². The molecule has 1 aliphatic rings. The van der Waals surface area contributed by atoms with Crippen molar-refractivity contribution in [3.63, 3.8) is 0 Å². The fourth-order valence-electron chi connectivity index (χ4n) is 2.84. The van der Waals surface area contributed by atoms with Gasteiger partial charge < -0.3 is 15.4 Å². The fraction of sp³-hybridized carbons (Fsp3) is 0.556. The molecule has 0 saturated carbocycles. The molecule has 2 N–H and O–H groups in total. The topological polar surface area (TPSA) is 33.3 Å². The minimum Gasteiger partial charge on any atom is -0.494 e. The van der Waals surface area contributed by atoms with E-state index < -0.39 is 0 Å². The molecule has 2 rings (SSSR count). The lowest BCUT2D eigenvalue weighted by molar-refractivity contribution is 0.414. The van der Waals surface area contributed by atoms with Crippen molar-refractivity contribution >= 4 is 16.9 Å². The quantitative estimate of drug-likeness (QED) is 0.808. The van der Waals surface area contributed by atoms with Crippen molar-refractivity contribution in [2.45, 2.75) is 59.0 Å². The summed E-state index contributed by atoms with van der Waals surface area (Å²) in [6, 6.07) is 4.72. The molecule has 21 heavy (non-hydrogen) atoms. The Kier molecular flexibility index (Phi) is 4.50. The predicted molar refractivity (Wildman–Crippen MR) is 92.3 cm³/mol. The van der Waals surface area contributed by atoms with Gasteiger partial charge in [0.25, 0.3) is 0 Å². The number of nitrogens with one attached hydrogen (secondary N) is 2. The van der Waals surface area contributed by atoms with E-state index in [1.807, 2.05) is 0 Å². The van der Waals surface area contributed by atoms with E-state index in [0.29, 0.717) is 6.04 Å². The van der Waals surface area contributed by atoms with Crippen LogP contribution in [0.5, 0.6) is 5.75 Å². The van der Waals surface area contributed by atoms with Gasteiger partial charge in [0.15, 0.2) is 0 Å². The maximum Gasteiger partial charge on any atom is 0.144 e.